The van der Waals surface area contributed by atoms with Gasteiger partial charge < -0.3 is 15.4 Å². The van der Waals surface area contributed by atoms with Crippen LogP contribution in [0.15, 0.2) is 42.5 Å². The van der Waals surface area contributed by atoms with Crippen molar-refractivity contribution in [2.75, 3.05) is 17.7 Å². The third kappa shape index (κ3) is 3.82. The van der Waals surface area contributed by atoms with E-state index in [9.17, 15) is 14.0 Å². The molecule has 6 heteroatoms. The number of ether oxygens (including phenoxy) is 1. The van der Waals surface area contributed by atoms with Gasteiger partial charge in [-0.1, -0.05) is 0 Å². The second kappa shape index (κ2) is 6.71. The highest BCUT2D eigenvalue weighted by atomic mass is 19.1. The first kappa shape index (κ1) is 15.5. The van der Waals surface area contributed by atoms with Gasteiger partial charge in [0.05, 0.1) is 12.8 Å². The molecule has 0 bridgehead atoms. The number of hydrogen-bond acceptors (Lipinski definition) is 3. The second-order valence-corrected chi connectivity index (χ2v) is 4.56. The number of carbonyl (C=O) groups excluding carboxylic acids is 2. The molecule has 2 aromatic carbocycles. The maximum atomic E-state index is 12.9. The number of anilines is 2. The Morgan fingerprint density at radius 2 is 1.73 bits per heavy atom. The van der Waals surface area contributed by atoms with E-state index < -0.39 is 11.7 Å². The van der Waals surface area contributed by atoms with Gasteiger partial charge in [0.15, 0.2) is 0 Å². The van der Waals surface area contributed by atoms with Crippen LogP contribution in [-0.2, 0) is 4.79 Å². The Kier molecular flexibility index (Phi) is 4.73. The topological polar surface area (TPSA) is 67.4 Å². The van der Waals surface area contributed by atoms with E-state index in [1.54, 1.807) is 18.2 Å². The molecule has 0 aliphatic rings. The highest BCUT2D eigenvalue weighted by Crippen LogP contribution is 2.28. The van der Waals surface area contributed by atoms with Crippen molar-refractivity contribution in [3.05, 3.63) is 53.8 Å². The average Bonchev–Trinajstić information content (AvgIpc) is 2.47. The molecule has 22 heavy (non-hydrogen) atoms. The number of carbonyl (C=O) groups is 2. The van der Waals surface area contributed by atoms with E-state index in [2.05, 4.69) is 10.6 Å². The summed E-state index contributed by atoms with van der Waals surface area (Å²) < 4.78 is 18.1. The monoisotopic (exact) mass is 302 g/mol. The smallest absolute Gasteiger partial charge is 0.255 e. The minimum absolute atomic E-state index is 0.221. The maximum Gasteiger partial charge on any atom is 0.255 e. The van der Waals surface area contributed by atoms with Crippen LogP contribution in [0.2, 0.25) is 0 Å². The highest BCUT2D eigenvalue weighted by Gasteiger charge is 2.11. The lowest BCUT2D eigenvalue weighted by Gasteiger charge is -2.12. The number of methoxy groups -OCH3 is 1. The van der Waals surface area contributed by atoms with E-state index in [4.69, 9.17) is 4.74 Å². The van der Waals surface area contributed by atoms with Crippen molar-refractivity contribution >= 4 is 23.2 Å². The lowest BCUT2D eigenvalue weighted by atomic mass is 10.2. The normalized spacial score (nSPS) is 9.95. The van der Waals surface area contributed by atoms with Crippen molar-refractivity contribution in [1.82, 2.24) is 0 Å². The molecule has 0 saturated heterocycles. The summed E-state index contributed by atoms with van der Waals surface area (Å²) in [5.74, 6) is -0.592. The van der Waals surface area contributed by atoms with Gasteiger partial charge in [0.25, 0.3) is 5.91 Å². The summed E-state index contributed by atoms with van der Waals surface area (Å²) in [6.45, 7) is 1.39. The Balaban J connectivity index is 2.24. The molecule has 0 atom stereocenters. The zero-order valence-electron chi connectivity index (χ0n) is 12.1. The van der Waals surface area contributed by atoms with Crippen LogP contribution in [0.5, 0.6) is 5.75 Å². The van der Waals surface area contributed by atoms with E-state index in [-0.39, 0.29) is 5.91 Å². The number of rotatable bonds is 4. The summed E-state index contributed by atoms with van der Waals surface area (Å²) in [5, 5.41) is 5.29. The van der Waals surface area contributed by atoms with Crippen LogP contribution in [-0.4, -0.2) is 18.9 Å². The Morgan fingerprint density at radius 3 is 2.32 bits per heavy atom. The fourth-order valence-corrected chi connectivity index (χ4v) is 1.88. The zero-order valence-corrected chi connectivity index (χ0v) is 12.1. The summed E-state index contributed by atoms with van der Waals surface area (Å²) in [6, 6.07) is 10.1. The SMILES string of the molecule is COc1ccc(NC(C)=O)cc1NC(=O)c1ccc(F)cc1. The number of benzene rings is 2. The Hall–Kier alpha value is -2.89. The van der Waals surface area contributed by atoms with Crippen LogP contribution in [0.25, 0.3) is 0 Å². The minimum atomic E-state index is -0.415. The van der Waals surface area contributed by atoms with Crippen LogP contribution in [0.4, 0.5) is 15.8 Å². The van der Waals surface area contributed by atoms with Gasteiger partial charge in [-0.05, 0) is 42.5 Å². The number of amides is 2. The molecule has 0 saturated carbocycles. The third-order valence-corrected chi connectivity index (χ3v) is 2.87. The molecule has 2 rings (SSSR count). The molecule has 2 amide bonds. The van der Waals surface area contributed by atoms with E-state index in [1.807, 2.05) is 0 Å². The first-order valence-electron chi connectivity index (χ1n) is 6.52. The fourth-order valence-electron chi connectivity index (χ4n) is 1.88. The van der Waals surface area contributed by atoms with Gasteiger partial charge in [-0.2, -0.15) is 0 Å². The van der Waals surface area contributed by atoms with Crippen LogP contribution < -0.4 is 15.4 Å². The van der Waals surface area contributed by atoms with Crippen molar-refractivity contribution in [1.29, 1.82) is 0 Å². The zero-order chi connectivity index (χ0) is 16.1. The number of halogens is 1. The van der Waals surface area contributed by atoms with E-state index in [0.29, 0.717) is 22.7 Å². The van der Waals surface area contributed by atoms with Crippen LogP contribution >= 0.6 is 0 Å². The molecule has 5 nitrogen and oxygen atoms in total. The molecule has 0 spiro atoms. The molecule has 0 aromatic heterocycles. The quantitative estimate of drug-likeness (QED) is 0.912. The molecule has 0 radical (unpaired) electrons. The second-order valence-electron chi connectivity index (χ2n) is 4.56. The number of nitrogens with one attached hydrogen (secondary N) is 2. The molecular formula is C16H15FN2O3. The lowest BCUT2D eigenvalue weighted by molar-refractivity contribution is -0.114. The van der Waals surface area contributed by atoms with Gasteiger partial charge in [0.2, 0.25) is 5.91 Å². The van der Waals surface area contributed by atoms with Crippen molar-refractivity contribution in [3.63, 3.8) is 0 Å². The van der Waals surface area contributed by atoms with Crippen molar-refractivity contribution in [2.45, 2.75) is 6.92 Å². The molecule has 0 fully saturated rings. The van der Waals surface area contributed by atoms with E-state index >= 15 is 0 Å². The Morgan fingerprint density at radius 1 is 1.05 bits per heavy atom. The van der Waals surface area contributed by atoms with Crippen LogP contribution in [0.1, 0.15) is 17.3 Å². The predicted octanol–water partition coefficient (Wildman–Crippen LogP) is 3.05. The summed E-state index contributed by atoms with van der Waals surface area (Å²) in [6.07, 6.45) is 0. The summed E-state index contributed by atoms with van der Waals surface area (Å²) >= 11 is 0. The average molecular weight is 302 g/mol. The van der Waals surface area contributed by atoms with Crippen molar-refractivity contribution in [3.8, 4) is 5.75 Å². The van der Waals surface area contributed by atoms with Crippen molar-refractivity contribution < 1.29 is 18.7 Å². The van der Waals surface area contributed by atoms with Gasteiger partial charge in [-0.25, -0.2) is 4.39 Å². The third-order valence-electron chi connectivity index (χ3n) is 2.87. The molecule has 0 aliphatic carbocycles. The van der Waals surface area contributed by atoms with Gasteiger partial charge in [0, 0.05) is 18.2 Å². The molecule has 2 aromatic rings. The predicted molar refractivity (Wildman–Crippen MR) is 81.7 cm³/mol. The Labute approximate surface area is 127 Å². The first-order valence-corrected chi connectivity index (χ1v) is 6.52. The molecule has 2 N–H and O–H groups in total. The van der Waals surface area contributed by atoms with E-state index in [0.717, 1.165) is 0 Å². The summed E-state index contributed by atoms with van der Waals surface area (Å²) in [4.78, 5) is 23.2. The number of hydrogen-bond donors (Lipinski definition) is 2. The first-order chi connectivity index (χ1) is 10.5. The summed E-state index contributed by atoms with van der Waals surface area (Å²) in [7, 11) is 1.47. The van der Waals surface area contributed by atoms with Crippen molar-refractivity contribution in [2.24, 2.45) is 0 Å². The van der Waals surface area contributed by atoms with Gasteiger partial charge in [0.1, 0.15) is 11.6 Å². The van der Waals surface area contributed by atoms with Gasteiger partial charge in [-0.15, -0.1) is 0 Å². The largest absolute Gasteiger partial charge is 0.495 e. The van der Waals surface area contributed by atoms with Crippen LogP contribution in [0, 0.1) is 5.82 Å². The van der Waals surface area contributed by atoms with Crippen LogP contribution in [0.3, 0.4) is 0 Å². The molecule has 0 heterocycles. The minimum Gasteiger partial charge on any atom is -0.495 e. The molecule has 0 aliphatic heterocycles. The van der Waals surface area contributed by atoms with Gasteiger partial charge in [-0.3, -0.25) is 9.59 Å². The van der Waals surface area contributed by atoms with Gasteiger partial charge >= 0.3 is 0 Å². The van der Waals surface area contributed by atoms with E-state index in [1.165, 1.54) is 38.3 Å². The molecular weight excluding hydrogens is 287 g/mol. The maximum absolute atomic E-state index is 12.9. The molecule has 114 valence electrons. The fraction of sp³-hybridized carbons (Fsp3) is 0.125. The highest BCUT2D eigenvalue weighted by molar-refractivity contribution is 6.05. The lowest BCUT2D eigenvalue weighted by Crippen LogP contribution is -2.13. The Bertz CT molecular complexity index is 699. The summed E-state index contributed by atoms with van der Waals surface area (Å²) in [5.41, 5.74) is 1.25. The molecule has 0 unspecified atom stereocenters. The standard InChI is InChI=1S/C16H15FN2O3/c1-10(20)18-13-7-8-15(22-2)14(9-13)19-16(21)11-3-5-12(17)6-4-11/h3-9H,1-2H3,(H,18,20)(H,19,21).